The van der Waals surface area contributed by atoms with Crippen LogP contribution < -0.4 is 0 Å². The highest BCUT2D eigenvalue weighted by Crippen LogP contribution is 2.79. The van der Waals surface area contributed by atoms with E-state index in [0.29, 0.717) is 5.56 Å². The highest BCUT2D eigenvalue weighted by Gasteiger charge is 2.63. The van der Waals surface area contributed by atoms with Crippen LogP contribution in [0.3, 0.4) is 0 Å². The van der Waals surface area contributed by atoms with Crippen LogP contribution in [0, 0.1) is 0 Å². The third-order valence-corrected chi connectivity index (χ3v) is 7.68. The minimum Gasteiger partial charge on any atom is -0.368 e. The maximum Gasteiger partial charge on any atom is 0.356 e. The number of benzene rings is 1. The Morgan fingerprint density at radius 1 is 1.20 bits per heavy atom. The first-order chi connectivity index (χ1) is 9.12. The van der Waals surface area contributed by atoms with Crippen molar-refractivity contribution in [3.05, 3.63) is 41.5 Å². The standard InChI is InChI=1S/C11H14O7P2/c1-8(12)18-20(16,17)11(19(13,14)15)7-6-9-4-2-3-5-10(9)11/h2-8,12H,1H3,(H,16,17)(H2,13,14,15). The maximum absolute atomic E-state index is 12.4. The first-order valence-electron chi connectivity index (χ1n) is 5.65. The van der Waals surface area contributed by atoms with Gasteiger partial charge in [0.05, 0.1) is 0 Å². The van der Waals surface area contributed by atoms with E-state index >= 15 is 0 Å². The molecule has 0 amide bonds. The Labute approximate surface area is 115 Å². The van der Waals surface area contributed by atoms with Crippen LogP contribution in [0.15, 0.2) is 30.3 Å². The lowest BCUT2D eigenvalue weighted by Crippen LogP contribution is -2.25. The highest BCUT2D eigenvalue weighted by atomic mass is 31.2. The predicted molar refractivity (Wildman–Crippen MR) is 71.8 cm³/mol. The normalized spacial score (nSPS) is 26.1. The molecule has 0 saturated heterocycles. The SMILES string of the molecule is CC(O)OP(=O)(O)C1(P(=O)(O)O)C=Cc2ccccc21. The van der Waals surface area contributed by atoms with E-state index in [1.807, 2.05) is 0 Å². The number of rotatable bonds is 4. The van der Waals surface area contributed by atoms with Crippen molar-refractivity contribution >= 4 is 21.3 Å². The van der Waals surface area contributed by atoms with Gasteiger partial charge >= 0.3 is 15.2 Å². The van der Waals surface area contributed by atoms with E-state index in [9.17, 15) is 23.8 Å². The van der Waals surface area contributed by atoms with Crippen LogP contribution >= 0.6 is 15.2 Å². The largest absolute Gasteiger partial charge is 0.368 e. The van der Waals surface area contributed by atoms with Crippen LogP contribution in [-0.2, 0) is 18.6 Å². The van der Waals surface area contributed by atoms with Crippen molar-refractivity contribution in [2.24, 2.45) is 0 Å². The third-order valence-electron chi connectivity index (χ3n) is 3.02. The molecule has 0 saturated carbocycles. The average molecular weight is 320 g/mol. The Morgan fingerprint density at radius 2 is 1.80 bits per heavy atom. The summed E-state index contributed by atoms with van der Waals surface area (Å²) in [5.41, 5.74) is 0.416. The van der Waals surface area contributed by atoms with Crippen molar-refractivity contribution in [1.82, 2.24) is 0 Å². The molecule has 0 fully saturated rings. The van der Waals surface area contributed by atoms with Gasteiger partial charge in [-0.1, -0.05) is 30.3 Å². The lowest BCUT2D eigenvalue weighted by molar-refractivity contribution is -0.00986. The van der Waals surface area contributed by atoms with Gasteiger partial charge in [0.1, 0.15) is 0 Å². The zero-order chi connectivity index (χ0) is 15.2. The van der Waals surface area contributed by atoms with E-state index in [4.69, 9.17) is 5.11 Å². The number of aliphatic hydroxyl groups excluding tert-OH is 1. The number of hydrogen-bond acceptors (Lipinski definition) is 4. The number of allylic oxidation sites excluding steroid dienone is 1. The summed E-state index contributed by atoms with van der Waals surface area (Å²) < 4.78 is 28.8. The summed E-state index contributed by atoms with van der Waals surface area (Å²) in [4.78, 5) is 26.8. The molecule has 1 aliphatic rings. The van der Waals surface area contributed by atoms with E-state index in [2.05, 4.69) is 4.52 Å². The molecule has 110 valence electrons. The minimum absolute atomic E-state index is 0.000170. The molecular weight excluding hydrogens is 306 g/mol. The van der Waals surface area contributed by atoms with Crippen LogP contribution in [0.4, 0.5) is 0 Å². The zero-order valence-corrected chi connectivity index (χ0v) is 12.2. The summed E-state index contributed by atoms with van der Waals surface area (Å²) in [5, 5.41) is 9.14. The van der Waals surface area contributed by atoms with E-state index in [1.54, 1.807) is 12.1 Å². The summed E-state index contributed by atoms with van der Waals surface area (Å²) in [6.45, 7) is 1.08. The molecule has 4 N–H and O–H groups in total. The molecule has 3 unspecified atom stereocenters. The molecule has 0 spiro atoms. The number of fused-ring (bicyclic) bond motifs is 1. The molecule has 20 heavy (non-hydrogen) atoms. The van der Waals surface area contributed by atoms with Gasteiger partial charge in [-0.3, -0.25) is 13.7 Å². The smallest absolute Gasteiger partial charge is 0.356 e. The fourth-order valence-corrected chi connectivity index (χ4v) is 5.82. The zero-order valence-electron chi connectivity index (χ0n) is 10.4. The highest BCUT2D eigenvalue weighted by molar-refractivity contribution is 7.72. The van der Waals surface area contributed by atoms with Gasteiger partial charge in [-0.25, -0.2) is 0 Å². The molecule has 3 atom stereocenters. The Hall–Kier alpha value is -0.780. The van der Waals surface area contributed by atoms with Gasteiger partial charge in [-0.15, -0.1) is 0 Å². The topological polar surface area (TPSA) is 124 Å². The fourth-order valence-electron chi connectivity index (χ4n) is 2.23. The summed E-state index contributed by atoms with van der Waals surface area (Å²) in [6.07, 6.45) is 0.681. The molecule has 1 aliphatic carbocycles. The molecule has 0 aliphatic heterocycles. The fraction of sp³-hybridized carbons (Fsp3) is 0.273. The number of aliphatic hydroxyl groups is 1. The maximum atomic E-state index is 12.4. The van der Waals surface area contributed by atoms with Crippen LogP contribution in [0.5, 0.6) is 0 Å². The molecule has 0 radical (unpaired) electrons. The van der Waals surface area contributed by atoms with Crippen LogP contribution in [-0.4, -0.2) is 26.1 Å². The van der Waals surface area contributed by atoms with Gasteiger partial charge < -0.3 is 19.8 Å². The van der Waals surface area contributed by atoms with Crippen LogP contribution in [0.2, 0.25) is 0 Å². The molecule has 9 heteroatoms. The van der Waals surface area contributed by atoms with Gasteiger partial charge in [0.25, 0.3) is 0 Å². The first-order valence-corrected chi connectivity index (χ1v) is 8.84. The van der Waals surface area contributed by atoms with E-state index in [0.717, 1.165) is 13.0 Å². The van der Waals surface area contributed by atoms with Gasteiger partial charge in [0.2, 0.25) is 4.90 Å². The second-order valence-electron chi connectivity index (χ2n) is 4.42. The number of hydrogen-bond donors (Lipinski definition) is 4. The molecular formula is C11H14O7P2. The van der Waals surface area contributed by atoms with E-state index in [-0.39, 0.29) is 5.56 Å². The Balaban J connectivity index is 2.72. The van der Waals surface area contributed by atoms with Crippen molar-refractivity contribution in [3.63, 3.8) is 0 Å². The third kappa shape index (κ3) is 2.22. The second-order valence-corrected chi connectivity index (χ2v) is 8.52. The molecule has 0 aromatic heterocycles. The van der Waals surface area contributed by atoms with E-state index in [1.165, 1.54) is 18.2 Å². The van der Waals surface area contributed by atoms with Crippen molar-refractivity contribution in [2.45, 2.75) is 18.1 Å². The summed E-state index contributed by atoms with van der Waals surface area (Å²) >= 11 is 0. The molecule has 7 nitrogen and oxygen atoms in total. The van der Waals surface area contributed by atoms with Crippen molar-refractivity contribution in [1.29, 1.82) is 0 Å². The molecule has 1 aromatic rings. The van der Waals surface area contributed by atoms with E-state index < -0.39 is 26.4 Å². The lowest BCUT2D eigenvalue weighted by Gasteiger charge is -2.33. The Morgan fingerprint density at radius 3 is 2.35 bits per heavy atom. The Bertz CT molecular complexity index is 648. The lowest BCUT2D eigenvalue weighted by atomic mass is 10.1. The molecule has 0 bridgehead atoms. The van der Waals surface area contributed by atoms with Crippen molar-refractivity contribution < 1.29 is 33.4 Å². The monoisotopic (exact) mass is 320 g/mol. The second kappa shape index (κ2) is 4.90. The molecule has 1 aromatic carbocycles. The summed E-state index contributed by atoms with van der Waals surface area (Å²) in [6, 6.07) is 6.05. The van der Waals surface area contributed by atoms with Crippen LogP contribution in [0.1, 0.15) is 18.1 Å². The quantitative estimate of drug-likeness (QED) is 0.490. The van der Waals surface area contributed by atoms with Gasteiger partial charge in [-0.2, -0.15) is 0 Å². The first kappa shape index (κ1) is 15.6. The summed E-state index contributed by atoms with van der Waals surface area (Å²) in [5.74, 6) is 0. The molecule has 2 rings (SSSR count). The average Bonchev–Trinajstić information content (AvgIpc) is 2.67. The van der Waals surface area contributed by atoms with Crippen molar-refractivity contribution in [2.75, 3.05) is 0 Å². The summed E-state index contributed by atoms with van der Waals surface area (Å²) in [7, 11) is -9.97. The predicted octanol–water partition coefficient (Wildman–Crippen LogP) is 1.58. The van der Waals surface area contributed by atoms with Gasteiger partial charge in [0.15, 0.2) is 6.29 Å². The van der Waals surface area contributed by atoms with Gasteiger partial charge in [0, 0.05) is 0 Å². The Kier molecular flexibility index (Phi) is 3.82. The van der Waals surface area contributed by atoms with Crippen molar-refractivity contribution in [3.8, 4) is 0 Å². The van der Waals surface area contributed by atoms with Gasteiger partial charge in [-0.05, 0) is 24.1 Å². The van der Waals surface area contributed by atoms with Crippen LogP contribution in [0.25, 0.3) is 6.08 Å². The molecule has 0 heterocycles. The minimum atomic E-state index is -5.09.